The molecule has 1 saturated heterocycles. The van der Waals surface area contributed by atoms with Crippen molar-refractivity contribution in [3.05, 3.63) is 35.5 Å². The molecule has 2 aromatic rings. The van der Waals surface area contributed by atoms with Crippen molar-refractivity contribution in [3.8, 4) is 0 Å². The zero-order chi connectivity index (χ0) is 15.3. The molecule has 0 N–H and O–H groups in total. The summed E-state index contributed by atoms with van der Waals surface area (Å²) in [4.78, 5) is 13.0. The lowest BCUT2D eigenvalue weighted by molar-refractivity contribution is 0.0491. The van der Waals surface area contributed by atoms with Crippen LogP contribution in [0.25, 0.3) is 10.9 Å². The maximum Gasteiger partial charge on any atom is 0.171 e. The Kier molecular flexibility index (Phi) is 3.40. The molecule has 21 heavy (non-hydrogen) atoms. The Hall–Kier alpha value is -1.61. The largest absolute Gasteiger partial charge is 0.374 e. The summed E-state index contributed by atoms with van der Waals surface area (Å²) in [5, 5.41) is 1.05. The van der Waals surface area contributed by atoms with Gasteiger partial charge in [0.1, 0.15) is 0 Å². The number of rotatable bonds is 2. The van der Waals surface area contributed by atoms with Crippen molar-refractivity contribution in [2.24, 2.45) is 18.9 Å². The molecule has 1 aliphatic rings. The molecule has 2 heterocycles. The highest BCUT2D eigenvalue weighted by Gasteiger charge is 2.42. The van der Waals surface area contributed by atoms with Crippen LogP contribution in [0.1, 0.15) is 36.7 Å². The Labute approximate surface area is 125 Å². The summed E-state index contributed by atoms with van der Waals surface area (Å²) in [6.07, 6.45) is 2.10. The van der Waals surface area contributed by atoms with Crippen LogP contribution in [0.3, 0.4) is 0 Å². The molecule has 112 valence electrons. The summed E-state index contributed by atoms with van der Waals surface area (Å²) < 4.78 is 7.88. The average Bonchev–Trinajstić information content (AvgIpc) is 2.88. The highest BCUT2D eigenvalue weighted by atomic mass is 16.5. The van der Waals surface area contributed by atoms with Crippen LogP contribution in [0.4, 0.5) is 0 Å². The summed E-state index contributed by atoms with van der Waals surface area (Å²) in [6, 6.07) is 6.26. The predicted octanol–water partition coefficient (Wildman–Crippen LogP) is 3.73. The van der Waals surface area contributed by atoms with Crippen molar-refractivity contribution in [3.63, 3.8) is 0 Å². The second-order valence-electron chi connectivity index (χ2n) is 6.47. The third-order valence-electron chi connectivity index (χ3n) is 4.96. The smallest absolute Gasteiger partial charge is 0.171 e. The number of ether oxygens (including phenoxy) is 1. The van der Waals surface area contributed by atoms with Gasteiger partial charge in [-0.1, -0.05) is 19.1 Å². The number of carbonyl (C=O) groups excluding carboxylic acids is 1. The summed E-state index contributed by atoms with van der Waals surface area (Å²) in [7, 11) is 2.00. The van der Waals surface area contributed by atoms with E-state index in [0.717, 1.165) is 16.5 Å². The van der Waals surface area contributed by atoms with E-state index >= 15 is 0 Å². The maximum atomic E-state index is 13.0. The van der Waals surface area contributed by atoms with Gasteiger partial charge in [0, 0.05) is 29.7 Å². The van der Waals surface area contributed by atoms with Gasteiger partial charge in [-0.25, -0.2) is 0 Å². The van der Waals surface area contributed by atoms with Crippen LogP contribution >= 0.6 is 0 Å². The van der Waals surface area contributed by atoms with Crippen LogP contribution in [-0.2, 0) is 11.8 Å². The zero-order valence-electron chi connectivity index (χ0n) is 13.4. The fourth-order valence-electron chi connectivity index (χ4n) is 3.59. The lowest BCUT2D eigenvalue weighted by atomic mass is 9.83. The first-order chi connectivity index (χ1) is 9.90. The van der Waals surface area contributed by atoms with Gasteiger partial charge in [0.25, 0.3) is 0 Å². The maximum absolute atomic E-state index is 13.0. The van der Waals surface area contributed by atoms with Crippen molar-refractivity contribution in [2.45, 2.75) is 39.9 Å². The molecule has 1 aromatic carbocycles. The number of fused-ring (bicyclic) bond motifs is 1. The Morgan fingerprint density at radius 2 is 1.90 bits per heavy atom. The predicted molar refractivity (Wildman–Crippen MR) is 84.6 cm³/mol. The molecule has 1 aliphatic heterocycles. The monoisotopic (exact) mass is 285 g/mol. The van der Waals surface area contributed by atoms with Crippen LogP contribution in [0.5, 0.6) is 0 Å². The lowest BCUT2D eigenvalue weighted by Gasteiger charge is -2.16. The Bertz CT molecular complexity index is 701. The molecule has 0 radical (unpaired) electrons. The topological polar surface area (TPSA) is 31.2 Å². The number of hydrogen-bond donors (Lipinski definition) is 0. The normalized spacial score (nSPS) is 29.2. The number of hydrogen-bond acceptors (Lipinski definition) is 2. The summed E-state index contributed by atoms with van der Waals surface area (Å²) >= 11 is 0. The quantitative estimate of drug-likeness (QED) is 0.787. The van der Waals surface area contributed by atoms with Crippen LogP contribution < -0.4 is 0 Å². The molecule has 0 saturated carbocycles. The minimum atomic E-state index is -0.0492. The molecule has 3 heteroatoms. The summed E-state index contributed by atoms with van der Waals surface area (Å²) in [5.74, 6) is 0.425. The van der Waals surface area contributed by atoms with Crippen LogP contribution in [0, 0.1) is 18.8 Å². The van der Waals surface area contributed by atoms with Gasteiger partial charge in [-0.2, -0.15) is 0 Å². The van der Waals surface area contributed by atoms with Crippen molar-refractivity contribution < 1.29 is 9.53 Å². The molecule has 0 spiro atoms. The van der Waals surface area contributed by atoms with Gasteiger partial charge in [0.2, 0.25) is 0 Å². The van der Waals surface area contributed by atoms with E-state index in [2.05, 4.69) is 39.0 Å². The lowest BCUT2D eigenvalue weighted by Crippen LogP contribution is -2.26. The van der Waals surface area contributed by atoms with Gasteiger partial charge in [-0.05, 0) is 38.3 Å². The number of aromatic nitrogens is 1. The average molecular weight is 285 g/mol. The van der Waals surface area contributed by atoms with Crippen molar-refractivity contribution in [1.82, 2.24) is 4.57 Å². The highest BCUT2D eigenvalue weighted by molar-refractivity contribution is 6.09. The van der Waals surface area contributed by atoms with Gasteiger partial charge < -0.3 is 9.30 Å². The van der Waals surface area contributed by atoms with Gasteiger partial charge >= 0.3 is 0 Å². The minimum Gasteiger partial charge on any atom is -0.374 e. The van der Waals surface area contributed by atoms with Crippen LogP contribution in [0.2, 0.25) is 0 Å². The molecule has 0 amide bonds. The van der Waals surface area contributed by atoms with E-state index in [1.54, 1.807) is 0 Å². The number of ketones is 1. The fourth-order valence-corrected chi connectivity index (χ4v) is 3.59. The molecular weight excluding hydrogens is 262 g/mol. The third-order valence-corrected chi connectivity index (χ3v) is 4.96. The molecule has 0 bridgehead atoms. The van der Waals surface area contributed by atoms with E-state index in [1.165, 1.54) is 5.56 Å². The number of nitrogens with zero attached hydrogens (tertiary/aromatic N) is 1. The summed E-state index contributed by atoms with van der Waals surface area (Å²) in [5.41, 5.74) is 3.15. The second-order valence-corrected chi connectivity index (χ2v) is 6.47. The SMILES string of the molecule is Cc1ccc2c(C(=O)C3C(C)OC(C)C3C)cn(C)c2c1. The van der Waals surface area contributed by atoms with Crippen molar-refractivity contribution >= 4 is 16.7 Å². The van der Waals surface area contributed by atoms with E-state index in [-0.39, 0.29) is 29.8 Å². The van der Waals surface area contributed by atoms with Gasteiger partial charge in [0.15, 0.2) is 5.78 Å². The molecule has 4 unspecified atom stereocenters. The molecule has 0 aliphatic carbocycles. The van der Waals surface area contributed by atoms with E-state index in [9.17, 15) is 4.79 Å². The first-order valence-corrected chi connectivity index (χ1v) is 7.65. The van der Waals surface area contributed by atoms with E-state index in [1.807, 2.05) is 24.7 Å². The van der Waals surface area contributed by atoms with Crippen molar-refractivity contribution in [1.29, 1.82) is 0 Å². The van der Waals surface area contributed by atoms with E-state index in [0.29, 0.717) is 0 Å². The van der Waals surface area contributed by atoms with Crippen LogP contribution in [-0.4, -0.2) is 22.6 Å². The fraction of sp³-hybridized carbons (Fsp3) is 0.500. The third kappa shape index (κ3) is 2.20. The van der Waals surface area contributed by atoms with Gasteiger partial charge in [0.05, 0.1) is 18.1 Å². The first kappa shape index (κ1) is 14.3. The summed E-state index contributed by atoms with van der Waals surface area (Å²) in [6.45, 7) is 8.26. The van der Waals surface area contributed by atoms with Gasteiger partial charge in [-0.15, -0.1) is 0 Å². The van der Waals surface area contributed by atoms with Crippen LogP contribution in [0.15, 0.2) is 24.4 Å². The number of aryl methyl sites for hydroxylation is 2. The number of benzene rings is 1. The highest BCUT2D eigenvalue weighted by Crippen LogP contribution is 2.36. The molecule has 3 nitrogen and oxygen atoms in total. The molecule has 3 rings (SSSR count). The molecular formula is C18H23NO2. The Morgan fingerprint density at radius 1 is 1.19 bits per heavy atom. The molecule has 1 fully saturated rings. The zero-order valence-corrected chi connectivity index (χ0v) is 13.4. The minimum absolute atomic E-state index is 0.0109. The standard InChI is InChI=1S/C18H23NO2/c1-10-6-7-14-15(9-19(5)16(14)8-10)18(20)17-11(2)12(3)21-13(17)4/h6-9,11-13,17H,1-5H3. The number of carbonyl (C=O) groups is 1. The Balaban J connectivity index is 2.07. The Morgan fingerprint density at radius 3 is 2.52 bits per heavy atom. The molecule has 4 atom stereocenters. The molecule has 1 aromatic heterocycles. The van der Waals surface area contributed by atoms with Gasteiger partial charge in [-0.3, -0.25) is 4.79 Å². The number of Topliss-reactive ketones (excluding diaryl/α,β-unsaturated/α-hetero) is 1. The second kappa shape index (κ2) is 4.99. The van der Waals surface area contributed by atoms with E-state index < -0.39 is 0 Å². The van der Waals surface area contributed by atoms with Crippen molar-refractivity contribution in [2.75, 3.05) is 0 Å². The van der Waals surface area contributed by atoms with E-state index in [4.69, 9.17) is 4.74 Å². The first-order valence-electron chi connectivity index (χ1n) is 7.65.